The average molecular weight is 280 g/mol. The Kier molecular flexibility index (Phi) is 6.29. The van der Waals surface area contributed by atoms with Crippen molar-refractivity contribution in [1.82, 2.24) is 0 Å². The molecule has 3 unspecified atom stereocenters. The number of ether oxygens (including phenoxy) is 1. The lowest BCUT2D eigenvalue weighted by Gasteiger charge is -2.44. The van der Waals surface area contributed by atoms with E-state index in [-0.39, 0.29) is 5.97 Å². The number of carbonyl (C=O) groups is 1. The lowest BCUT2D eigenvalue weighted by atomic mass is 9.61. The molecule has 0 N–H and O–H groups in total. The first kappa shape index (κ1) is 17.3. The molecule has 2 heteroatoms. The van der Waals surface area contributed by atoms with E-state index < -0.39 is 0 Å². The van der Waals surface area contributed by atoms with Crippen molar-refractivity contribution in [1.29, 1.82) is 0 Å². The first-order valence-electron chi connectivity index (χ1n) is 8.08. The van der Waals surface area contributed by atoms with E-state index in [1.165, 1.54) is 12.5 Å². The smallest absolute Gasteiger partial charge is 0.302 e. The number of hydrogen-bond acceptors (Lipinski definition) is 2. The molecule has 1 rings (SSSR count). The van der Waals surface area contributed by atoms with Crippen molar-refractivity contribution >= 4 is 5.97 Å². The minimum atomic E-state index is -0.180. The molecule has 20 heavy (non-hydrogen) atoms. The second-order valence-electron chi connectivity index (χ2n) is 7.29. The molecule has 0 bridgehead atoms. The van der Waals surface area contributed by atoms with Crippen LogP contribution in [0.5, 0.6) is 0 Å². The van der Waals surface area contributed by atoms with Crippen LogP contribution in [0, 0.1) is 35.5 Å². The SMILES string of the molecule is CC(=O)OCC1=CCC(C(C)C)C(C(C)C)C1C(C)C. The third kappa shape index (κ3) is 4.10. The Bertz CT molecular complexity index is 352. The van der Waals surface area contributed by atoms with Crippen LogP contribution in [0.25, 0.3) is 0 Å². The normalized spacial score (nSPS) is 27.1. The number of rotatable bonds is 5. The third-order valence-corrected chi connectivity index (χ3v) is 4.78. The van der Waals surface area contributed by atoms with Crippen molar-refractivity contribution in [3.8, 4) is 0 Å². The van der Waals surface area contributed by atoms with Gasteiger partial charge in [-0.3, -0.25) is 4.79 Å². The van der Waals surface area contributed by atoms with E-state index in [0.29, 0.717) is 36.2 Å². The minimum absolute atomic E-state index is 0.180. The van der Waals surface area contributed by atoms with Gasteiger partial charge in [0.2, 0.25) is 0 Å². The van der Waals surface area contributed by atoms with Gasteiger partial charge in [-0.1, -0.05) is 47.6 Å². The van der Waals surface area contributed by atoms with Crippen LogP contribution in [-0.2, 0) is 9.53 Å². The Morgan fingerprint density at radius 1 is 1.15 bits per heavy atom. The molecular formula is C18H32O2. The fourth-order valence-corrected chi connectivity index (χ4v) is 3.93. The van der Waals surface area contributed by atoms with Gasteiger partial charge >= 0.3 is 5.97 Å². The van der Waals surface area contributed by atoms with E-state index in [4.69, 9.17) is 4.74 Å². The Morgan fingerprint density at radius 3 is 2.15 bits per heavy atom. The van der Waals surface area contributed by atoms with E-state index in [1.807, 2.05) is 0 Å². The largest absolute Gasteiger partial charge is 0.461 e. The van der Waals surface area contributed by atoms with Gasteiger partial charge in [-0.25, -0.2) is 0 Å². The molecule has 1 aliphatic rings. The molecule has 0 aliphatic heterocycles. The summed E-state index contributed by atoms with van der Waals surface area (Å²) >= 11 is 0. The molecule has 0 saturated carbocycles. The maximum atomic E-state index is 11.1. The molecule has 0 heterocycles. The molecule has 0 radical (unpaired) electrons. The number of carbonyl (C=O) groups excluding carboxylic acids is 1. The molecule has 0 spiro atoms. The fraction of sp³-hybridized carbons (Fsp3) is 0.833. The molecule has 2 nitrogen and oxygen atoms in total. The Hall–Kier alpha value is -0.790. The van der Waals surface area contributed by atoms with Crippen molar-refractivity contribution < 1.29 is 9.53 Å². The first-order valence-corrected chi connectivity index (χ1v) is 8.08. The quantitative estimate of drug-likeness (QED) is 0.539. The summed E-state index contributed by atoms with van der Waals surface area (Å²) in [6.45, 7) is 15.9. The molecule has 0 aromatic carbocycles. The lowest BCUT2D eigenvalue weighted by Crippen LogP contribution is -2.38. The van der Waals surface area contributed by atoms with Crippen molar-refractivity contribution in [2.24, 2.45) is 35.5 Å². The summed E-state index contributed by atoms with van der Waals surface area (Å²) in [5.74, 6) is 3.74. The van der Waals surface area contributed by atoms with Crippen molar-refractivity contribution in [2.45, 2.75) is 54.9 Å². The second-order valence-corrected chi connectivity index (χ2v) is 7.29. The summed E-state index contributed by atoms with van der Waals surface area (Å²) in [6, 6.07) is 0. The van der Waals surface area contributed by atoms with Gasteiger partial charge in [-0.15, -0.1) is 0 Å². The summed E-state index contributed by atoms with van der Waals surface area (Å²) in [7, 11) is 0. The van der Waals surface area contributed by atoms with Crippen LogP contribution in [0.1, 0.15) is 54.9 Å². The summed E-state index contributed by atoms with van der Waals surface area (Å²) in [5, 5.41) is 0. The van der Waals surface area contributed by atoms with E-state index in [0.717, 1.165) is 12.3 Å². The van der Waals surface area contributed by atoms with Gasteiger partial charge in [-0.05, 0) is 47.5 Å². The van der Waals surface area contributed by atoms with Crippen LogP contribution >= 0.6 is 0 Å². The highest BCUT2D eigenvalue weighted by Gasteiger charge is 2.39. The van der Waals surface area contributed by atoms with Crippen LogP contribution < -0.4 is 0 Å². The predicted octanol–water partition coefficient (Wildman–Crippen LogP) is 4.70. The summed E-state index contributed by atoms with van der Waals surface area (Å²) < 4.78 is 5.28. The summed E-state index contributed by atoms with van der Waals surface area (Å²) in [5.41, 5.74) is 1.34. The summed E-state index contributed by atoms with van der Waals surface area (Å²) in [6.07, 6.45) is 3.47. The van der Waals surface area contributed by atoms with Gasteiger partial charge < -0.3 is 4.74 Å². The van der Waals surface area contributed by atoms with Gasteiger partial charge in [0.05, 0.1) is 0 Å². The highest BCUT2D eigenvalue weighted by molar-refractivity contribution is 5.66. The zero-order valence-corrected chi connectivity index (χ0v) is 14.3. The van der Waals surface area contributed by atoms with Gasteiger partial charge in [-0.2, -0.15) is 0 Å². The second kappa shape index (κ2) is 7.28. The monoisotopic (exact) mass is 280 g/mol. The minimum Gasteiger partial charge on any atom is -0.461 e. The van der Waals surface area contributed by atoms with Crippen LogP contribution in [0.3, 0.4) is 0 Å². The average Bonchev–Trinajstić information content (AvgIpc) is 2.34. The molecule has 116 valence electrons. The Morgan fingerprint density at radius 2 is 1.75 bits per heavy atom. The Balaban J connectivity index is 3.03. The van der Waals surface area contributed by atoms with E-state index in [9.17, 15) is 4.79 Å². The molecule has 0 saturated heterocycles. The highest BCUT2D eigenvalue weighted by Crippen LogP contribution is 2.46. The fourth-order valence-electron chi connectivity index (χ4n) is 3.93. The molecule has 0 amide bonds. The van der Waals surface area contributed by atoms with E-state index in [1.54, 1.807) is 0 Å². The zero-order valence-electron chi connectivity index (χ0n) is 14.3. The molecule has 0 fully saturated rings. The van der Waals surface area contributed by atoms with Gasteiger partial charge in [0.15, 0.2) is 0 Å². The molecule has 3 atom stereocenters. The molecule has 0 aromatic heterocycles. The van der Waals surface area contributed by atoms with Crippen LogP contribution in [-0.4, -0.2) is 12.6 Å². The zero-order chi connectivity index (χ0) is 15.4. The topological polar surface area (TPSA) is 26.3 Å². The third-order valence-electron chi connectivity index (χ3n) is 4.78. The summed E-state index contributed by atoms with van der Waals surface area (Å²) in [4.78, 5) is 11.1. The van der Waals surface area contributed by atoms with E-state index in [2.05, 4.69) is 47.6 Å². The highest BCUT2D eigenvalue weighted by atomic mass is 16.5. The number of hydrogen-bond donors (Lipinski definition) is 0. The Labute approximate surface area is 125 Å². The number of allylic oxidation sites excluding steroid dienone is 1. The van der Waals surface area contributed by atoms with Crippen molar-refractivity contribution in [2.75, 3.05) is 6.61 Å². The molecule has 0 aromatic rings. The molecule has 1 aliphatic carbocycles. The van der Waals surface area contributed by atoms with Crippen LogP contribution in [0.15, 0.2) is 11.6 Å². The van der Waals surface area contributed by atoms with E-state index >= 15 is 0 Å². The van der Waals surface area contributed by atoms with Crippen LogP contribution in [0.4, 0.5) is 0 Å². The maximum absolute atomic E-state index is 11.1. The van der Waals surface area contributed by atoms with Gasteiger partial charge in [0.25, 0.3) is 0 Å². The first-order chi connectivity index (χ1) is 9.25. The van der Waals surface area contributed by atoms with Gasteiger partial charge in [0.1, 0.15) is 6.61 Å². The lowest BCUT2D eigenvalue weighted by molar-refractivity contribution is -0.140. The maximum Gasteiger partial charge on any atom is 0.302 e. The number of esters is 1. The molecular weight excluding hydrogens is 248 g/mol. The van der Waals surface area contributed by atoms with Gasteiger partial charge in [0, 0.05) is 6.92 Å². The standard InChI is InChI=1S/C18H32O2/c1-11(2)16-9-8-15(10-20-14(7)19)17(12(3)4)18(16)13(5)6/h8,11-13,16-18H,9-10H2,1-7H3. The van der Waals surface area contributed by atoms with Crippen LogP contribution in [0.2, 0.25) is 0 Å². The predicted molar refractivity (Wildman–Crippen MR) is 84.3 cm³/mol. The van der Waals surface area contributed by atoms with Crippen molar-refractivity contribution in [3.63, 3.8) is 0 Å². The van der Waals surface area contributed by atoms with Crippen molar-refractivity contribution in [3.05, 3.63) is 11.6 Å².